The van der Waals surface area contributed by atoms with Crippen LogP contribution in [0.1, 0.15) is 75.0 Å². The number of phenols is 1. The van der Waals surface area contributed by atoms with Crippen LogP contribution in [0.5, 0.6) is 5.75 Å². The molecule has 31 heavy (non-hydrogen) atoms. The van der Waals surface area contributed by atoms with Crippen molar-refractivity contribution in [2.75, 3.05) is 19.4 Å². The molecule has 0 atom stereocenters. The number of hydrogen-bond donors (Lipinski definition) is 2. The molecule has 5 nitrogen and oxygen atoms in total. The van der Waals surface area contributed by atoms with Crippen LogP contribution >= 0.6 is 0 Å². The molecule has 0 bridgehead atoms. The van der Waals surface area contributed by atoms with Crippen LogP contribution in [0, 0.1) is 0 Å². The summed E-state index contributed by atoms with van der Waals surface area (Å²) in [6.45, 7) is 12.5. The van der Waals surface area contributed by atoms with E-state index in [-0.39, 0.29) is 22.6 Å². The SMILES string of the molecule is CN(C)C(=O)c1cccc(NC(=O)CCc2cc(C(C)(C)C)c(O)c(C(C)(C)C)c2)c1. The van der Waals surface area contributed by atoms with Crippen LogP contribution in [0.4, 0.5) is 5.69 Å². The van der Waals surface area contributed by atoms with E-state index in [1.807, 2.05) is 12.1 Å². The molecule has 0 aliphatic carbocycles. The van der Waals surface area contributed by atoms with Gasteiger partial charge in [-0.3, -0.25) is 9.59 Å². The third kappa shape index (κ3) is 6.33. The Morgan fingerprint density at radius 3 is 1.97 bits per heavy atom. The van der Waals surface area contributed by atoms with E-state index in [1.165, 1.54) is 4.90 Å². The van der Waals surface area contributed by atoms with Gasteiger partial charge in [-0.05, 0) is 52.1 Å². The summed E-state index contributed by atoms with van der Waals surface area (Å²) in [5.74, 6) is 0.123. The number of anilines is 1. The molecule has 2 aromatic carbocycles. The van der Waals surface area contributed by atoms with Gasteiger partial charge in [0.15, 0.2) is 0 Å². The molecule has 168 valence electrons. The number of carbonyl (C=O) groups excluding carboxylic acids is 2. The first-order valence-electron chi connectivity index (χ1n) is 10.7. The maximum absolute atomic E-state index is 12.6. The van der Waals surface area contributed by atoms with Crippen molar-refractivity contribution >= 4 is 17.5 Å². The van der Waals surface area contributed by atoms with Crippen LogP contribution in [0.25, 0.3) is 0 Å². The minimum Gasteiger partial charge on any atom is -0.507 e. The lowest BCUT2D eigenvalue weighted by atomic mass is 9.78. The Labute approximate surface area is 186 Å². The summed E-state index contributed by atoms with van der Waals surface area (Å²) in [4.78, 5) is 26.2. The van der Waals surface area contributed by atoms with Crippen molar-refractivity contribution in [1.29, 1.82) is 0 Å². The van der Waals surface area contributed by atoms with Gasteiger partial charge in [-0.15, -0.1) is 0 Å². The fourth-order valence-corrected chi connectivity index (χ4v) is 3.45. The molecule has 0 aromatic heterocycles. The molecule has 0 unspecified atom stereocenters. The fourth-order valence-electron chi connectivity index (χ4n) is 3.45. The summed E-state index contributed by atoms with van der Waals surface area (Å²) in [6, 6.07) is 11.0. The first-order chi connectivity index (χ1) is 14.2. The summed E-state index contributed by atoms with van der Waals surface area (Å²) in [5, 5.41) is 13.7. The van der Waals surface area contributed by atoms with E-state index in [2.05, 4.69) is 46.9 Å². The number of phenolic OH excluding ortho intramolecular Hbond substituents is 1. The third-order valence-corrected chi connectivity index (χ3v) is 5.23. The Bertz CT molecular complexity index is 928. The van der Waals surface area contributed by atoms with Crippen LogP contribution < -0.4 is 5.32 Å². The van der Waals surface area contributed by atoms with Gasteiger partial charge in [0.1, 0.15) is 5.75 Å². The number of rotatable bonds is 5. The maximum atomic E-state index is 12.6. The Kier molecular flexibility index (Phi) is 7.20. The van der Waals surface area contributed by atoms with Gasteiger partial charge < -0.3 is 15.3 Å². The number of benzene rings is 2. The van der Waals surface area contributed by atoms with Gasteiger partial charge in [0.05, 0.1) is 0 Å². The highest BCUT2D eigenvalue weighted by molar-refractivity contribution is 5.97. The van der Waals surface area contributed by atoms with Crippen molar-refractivity contribution in [3.8, 4) is 5.75 Å². The molecule has 0 saturated carbocycles. The van der Waals surface area contributed by atoms with Crippen molar-refractivity contribution in [2.45, 2.75) is 65.2 Å². The zero-order valence-corrected chi connectivity index (χ0v) is 20.1. The number of aryl methyl sites for hydroxylation is 1. The second-order valence-electron chi connectivity index (χ2n) is 10.4. The van der Waals surface area contributed by atoms with Gasteiger partial charge in [0, 0.05) is 31.8 Å². The molecule has 0 fully saturated rings. The number of nitrogens with one attached hydrogen (secondary N) is 1. The highest BCUT2D eigenvalue weighted by atomic mass is 16.3. The predicted molar refractivity (Wildman–Crippen MR) is 127 cm³/mol. The van der Waals surface area contributed by atoms with Crippen LogP contribution in [0.2, 0.25) is 0 Å². The first-order valence-corrected chi connectivity index (χ1v) is 10.7. The summed E-state index contributed by atoms with van der Waals surface area (Å²) < 4.78 is 0. The van der Waals surface area contributed by atoms with E-state index in [0.717, 1.165) is 16.7 Å². The molecule has 2 rings (SSSR count). The lowest BCUT2D eigenvalue weighted by Gasteiger charge is -2.28. The first kappa shape index (κ1) is 24.4. The van der Waals surface area contributed by atoms with Crippen LogP contribution in [0.15, 0.2) is 36.4 Å². The Balaban J connectivity index is 2.19. The van der Waals surface area contributed by atoms with E-state index in [0.29, 0.717) is 29.8 Å². The highest BCUT2D eigenvalue weighted by Gasteiger charge is 2.26. The molecule has 2 amide bonds. The van der Waals surface area contributed by atoms with Gasteiger partial charge in [-0.1, -0.05) is 59.7 Å². The predicted octanol–water partition coefficient (Wildman–Crippen LogP) is 5.26. The highest BCUT2D eigenvalue weighted by Crippen LogP contribution is 2.40. The van der Waals surface area contributed by atoms with Crippen LogP contribution in [0.3, 0.4) is 0 Å². The normalized spacial score (nSPS) is 11.9. The number of amides is 2. The molecule has 5 heteroatoms. The second kappa shape index (κ2) is 9.13. The zero-order valence-electron chi connectivity index (χ0n) is 20.1. The van der Waals surface area contributed by atoms with E-state index in [9.17, 15) is 14.7 Å². The summed E-state index contributed by atoms with van der Waals surface area (Å²) >= 11 is 0. The lowest BCUT2D eigenvalue weighted by Crippen LogP contribution is -2.22. The molecular weight excluding hydrogens is 388 g/mol. The number of aromatic hydroxyl groups is 1. The molecule has 0 spiro atoms. The largest absolute Gasteiger partial charge is 0.507 e. The average Bonchev–Trinajstić information content (AvgIpc) is 2.64. The van der Waals surface area contributed by atoms with Crippen molar-refractivity contribution in [3.05, 3.63) is 58.7 Å². The van der Waals surface area contributed by atoms with Gasteiger partial charge in [-0.2, -0.15) is 0 Å². The van der Waals surface area contributed by atoms with Gasteiger partial charge >= 0.3 is 0 Å². The van der Waals surface area contributed by atoms with E-state index < -0.39 is 0 Å². The minimum absolute atomic E-state index is 0.107. The number of carbonyl (C=O) groups is 2. The molecule has 0 heterocycles. The molecular formula is C26H36N2O3. The standard InChI is InChI=1S/C26H36N2O3/c1-25(2,3)20-14-17(15-21(23(20)30)26(4,5)6)12-13-22(29)27-19-11-9-10-18(16-19)24(31)28(7)8/h9-11,14-16,30H,12-13H2,1-8H3,(H,27,29). The lowest BCUT2D eigenvalue weighted by molar-refractivity contribution is -0.116. The number of nitrogens with zero attached hydrogens (tertiary/aromatic N) is 1. The van der Waals surface area contributed by atoms with Gasteiger partial charge in [-0.25, -0.2) is 0 Å². The van der Waals surface area contributed by atoms with Crippen molar-refractivity contribution in [2.24, 2.45) is 0 Å². The smallest absolute Gasteiger partial charge is 0.253 e. The second-order valence-corrected chi connectivity index (χ2v) is 10.4. The van der Waals surface area contributed by atoms with Crippen LogP contribution in [-0.2, 0) is 22.0 Å². The summed E-state index contributed by atoms with van der Waals surface area (Å²) in [7, 11) is 3.39. The molecule has 0 saturated heterocycles. The zero-order chi connectivity index (χ0) is 23.6. The Hall–Kier alpha value is -2.82. The third-order valence-electron chi connectivity index (χ3n) is 5.23. The van der Waals surface area contributed by atoms with Gasteiger partial charge in [0.25, 0.3) is 5.91 Å². The van der Waals surface area contributed by atoms with Crippen molar-refractivity contribution < 1.29 is 14.7 Å². The van der Waals surface area contributed by atoms with Crippen molar-refractivity contribution in [1.82, 2.24) is 4.90 Å². The fraction of sp³-hybridized carbons (Fsp3) is 0.462. The molecule has 2 aromatic rings. The van der Waals surface area contributed by atoms with E-state index in [1.54, 1.807) is 38.4 Å². The van der Waals surface area contributed by atoms with Crippen LogP contribution in [-0.4, -0.2) is 35.9 Å². The molecule has 2 N–H and O–H groups in total. The maximum Gasteiger partial charge on any atom is 0.253 e. The van der Waals surface area contributed by atoms with Gasteiger partial charge in [0.2, 0.25) is 5.91 Å². The Morgan fingerprint density at radius 1 is 0.935 bits per heavy atom. The Morgan fingerprint density at radius 2 is 1.48 bits per heavy atom. The molecule has 0 aliphatic rings. The monoisotopic (exact) mass is 424 g/mol. The number of hydrogen-bond acceptors (Lipinski definition) is 3. The van der Waals surface area contributed by atoms with E-state index in [4.69, 9.17) is 0 Å². The van der Waals surface area contributed by atoms with Crippen molar-refractivity contribution in [3.63, 3.8) is 0 Å². The topological polar surface area (TPSA) is 69.6 Å². The summed E-state index contributed by atoms with van der Waals surface area (Å²) in [6.07, 6.45) is 0.873. The quantitative estimate of drug-likeness (QED) is 0.688. The molecule has 0 aliphatic heterocycles. The summed E-state index contributed by atoms with van der Waals surface area (Å²) in [5.41, 5.74) is 3.54. The minimum atomic E-state index is -0.207. The molecule has 0 radical (unpaired) electrons. The van der Waals surface area contributed by atoms with E-state index >= 15 is 0 Å². The average molecular weight is 425 g/mol.